The molecule has 2 aliphatic rings. The molecule has 3 heterocycles. The van der Waals surface area contributed by atoms with Crippen molar-refractivity contribution >= 4 is 11.7 Å². The van der Waals surface area contributed by atoms with Crippen molar-refractivity contribution in [1.29, 1.82) is 0 Å². The van der Waals surface area contributed by atoms with Crippen LogP contribution in [0, 0.1) is 0 Å². The lowest BCUT2D eigenvalue weighted by molar-refractivity contribution is 0.203. The molecule has 1 aromatic heterocycles. The number of amides is 2. The summed E-state index contributed by atoms with van der Waals surface area (Å²) in [6.07, 6.45) is 4.37. The van der Waals surface area contributed by atoms with Gasteiger partial charge in [0.2, 0.25) is 0 Å². The van der Waals surface area contributed by atoms with E-state index in [1.807, 2.05) is 23.1 Å². The van der Waals surface area contributed by atoms with Crippen molar-refractivity contribution in [2.45, 2.75) is 65.6 Å². The van der Waals surface area contributed by atoms with E-state index in [0.717, 1.165) is 31.6 Å². The van der Waals surface area contributed by atoms with Gasteiger partial charge < -0.3 is 10.2 Å². The molecule has 1 fully saturated rings. The topological polar surface area (TPSA) is 53.4 Å². The van der Waals surface area contributed by atoms with Gasteiger partial charge in [-0.25, -0.2) is 4.79 Å². The first-order chi connectivity index (χ1) is 14.1. The number of aromatic nitrogens is 2. The number of fused-ring (bicyclic) bond motifs is 1. The number of para-hydroxylation sites is 1. The Morgan fingerprint density at radius 2 is 1.93 bits per heavy atom. The van der Waals surface area contributed by atoms with Gasteiger partial charge in [-0.1, -0.05) is 25.1 Å². The van der Waals surface area contributed by atoms with Gasteiger partial charge in [-0.2, -0.15) is 5.10 Å². The van der Waals surface area contributed by atoms with Gasteiger partial charge in [-0.15, -0.1) is 0 Å². The van der Waals surface area contributed by atoms with Crippen LogP contribution in [0.5, 0.6) is 0 Å². The Bertz CT molecular complexity index is 866. The molecule has 2 aliphatic heterocycles. The van der Waals surface area contributed by atoms with Crippen LogP contribution in [0.3, 0.4) is 0 Å². The highest BCUT2D eigenvalue weighted by Gasteiger charge is 2.29. The minimum atomic E-state index is -0.0193. The lowest BCUT2D eigenvalue weighted by Gasteiger charge is -2.29. The number of hydrogen-bond acceptors (Lipinski definition) is 3. The maximum absolute atomic E-state index is 13.0. The first-order valence-corrected chi connectivity index (χ1v) is 11.0. The molecular weight excluding hydrogens is 362 g/mol. The maximum atomic E-state index is 13.0. The minimum absolute atomic E-state index is 0.0193. The molecule has 0 radical (unpaired) electrons. The number of hydrogen-bond donors (Lipinski definition) is 1. The number of carbonyl (C=O) groups excluding carboxylic acids is 1. The van der Waals surface area contributed by atoms with Crippen molar-refractivity contribution in [2.75, 3.05) is 25.0 Å². The van der Waals surface area contributed by atoms with Crippen LogP contribution in [0.2, 0.25) is 0 Å². The molecule has 2 aromatic rings. The fraction of sp³-hybridized carbons (Fsp3) is 0.565. The van der Waals surface area contributed by atoms with Gasteiger partial charge in [0, 0.05) is 30.4 Å². The second kappa shape index (κ2) is 8.57. The second-order valence-corrected chi connectivity index (χ2v) is 8.51. The standard InChI is InChI=1S/C23H33N5O/c1-4-18-9-5-6-10-20(18)24-23(29)27-14-11-19-21(15-26-12-7-8-13-26)25-28(17(2)3)22(19)16-27/h5-6,9-10,17H,4,7-8,11-16H2,1-3H3,(H,24,29). The molecule has 0 aliphatic carbocycles. The Morgan fingerprint density at radius 1 is 1.17 bits per heavy atom. The number of urea groups is 1. The number of benzene rings is 1. The molecule has 1 N–H and O–H groups in total. The molecule has 0 saturated carbocycles. The third kappa shape index (κ3) is 4.17. The first kappa shape index (κ1) is 20.0. The van der Waals surface area contributed by atoms with Gasteiger partial charge in [0.25, 0.3) is 0 Å². The summed E-state index contributed by atoms with van der Waals surface area (Å²) in [7, 11) is 0. The monoisotopic (exact) mass is 395 g/mol. The highest BCUT2D eigenvalue weighted by Crippen LogP contribution is 2.27. The number of anilines is 1. The summed E-state index contributed by atoms with van der Waals surface area (Å²) in [5, 5.41) is 8.10. The third-order valence-electron chi connectivity index (χ3n) is 6.16. The minimum Gasteiger partial charge on any atom is -0.318 e. The van der Waals surface area contributed by atoms with E-state index in [2.05, 4.69) is 41.7 Å². The summed E-state index contributed by atoms with van der Waals surface area (Å²) in [4.78, 5) is 17.4. The Kier molecular flexibility index (Phi) is 5.90. The van der Waals surface area contributed by atoms with Crippen LogP contribution >= 0.6 is 0 Å². The van der Waals surface area contributed by atoms with E-state index in [4.69, 9.17) is 5.10 Å². The maximum Gasteiger partial charge on any atom is 0.322 e. The first-order valence-electron chi connectivity index (χ1n) is 11.0. The molecule has 0 atom stereocenters. The van der Waals surface area contributed by atoms with E-state index >= 15 is 0 Å². The van der Waals surface area contributed by atoms with Crippen LogP contribution in [0.15, 0.2) is 24.3 Å². The normalized spacial score (nSPS) is 17.0. The van der Waals surface area contributed by atoms with E-state index < -0.39 is 0 Å². The van der Waals surface area contributed by atoms with Crippen LogP contribution in [0.1, 0.15) is 62.2 Å². The van der Waals surface area contributed by atoms with E-state index in [1.165, 1.54) is 48.4 Å². The van der Waals surface area contributed by atoms with Crippen molar-refractivity contribution in [2.24, 2.45) is 0 Å². The molecule has 4 rings (SSSR count). The average molecular weight is 396 g/mol. The molecule has 6 nitrogen and oxygen atoms in total. The largest absolute Gasteiger partial charge is 0.322 e. The lowest BCUT2D eigenvalue weighted by atomic mass is 10.0. The van der Waals surface area contributed by atoms with Gasteiger partial charge in [-0.05, 0) is 64.3 Å². The highest BCUT2D eigenvalue weighted by molar-refractivity contribution is 5.90. The third-order valence-corrected chi connectivity index (χ3v) is 6.16. The van der Waals surface area contributed by atoms with Crippen LogP contribution in [-0.4, -0.2) is 45.2 Å². The Morgan fingerprint density at radius 3 is 2.66 bits per heavy atom. The van der Waals surface area contributed by atoms with Crippen molar-refractivity contribution in [1.82, 2.24) is 19.6 Å². The zero-order valence-corrected chi connectivity index (χ0v) is 17.9. The van der Waals surface area contributed by atoms with Crippen LogP contribution in [-0.2, 0) is 25.9 Å². The summed E-state index contributed by atoms with van der Waals surface area (Å²) in [6, 6.07) is 8.32. The molecular formula is C23H33N5O. The highest BCUT2D eigenvalue weighted by atomic mass is 16.2. The predicted molar refractivity (Wildman–Crippen MR) is 116 cm³/mol. The predicted octanol–water partition coefficient (Wildman–Crippen LogP) is 4.21. The molecule has 0 spiro atoms. The lowest BCUT2D eigenvalue weighted by Crippen LogP contribution is -2.40. The Balaban J connectivity index is 1.52. The second-order valence-electron chi connectivity index (χ2n) is 8.51. The molecule has 0 unspecified atom stereocenters. The fourth-order valence-electron chi connectivity index (χ4n) is 4.54. The fourth-order valence-corrected chi connectivity index (χ4v) is 4.54. The van der Waals surface area contributed by atoms with Crippen LogP contribution in [0.25, 0.3) is 0 Å². The number of rotatable bonds is 5. The summed E-state index contributed by atoms with van der Waals surface area (Å²) in [5.74, 6) is 0. The Labute approximate surface area is 173 Å². The van der Waals surface area contributed by atoms with Gasteiger partial charge in [-0.3, -0.25) is 9.58 Å². The smallest absolute Gasteiger partial charge is 0.318 e. The number of nitrogens with one attached hydrogen (secondary N) is 1. The van der Waals surface area contributed by atoms with Crippen molar-refractivity contribution in [3.05, 3.63) is 46.8 Å². The number of aryl methyl sites for hydroxylation is 1. The average Bonchev–Trinajstić information content (AvgIpc) is 3.36. The van der Waals surface area contributed by atoms with E-state index in [0.29, 0.717) is 12.6 Å². The van der Waals surface area contributed by atoms with E-state index in [-0.39, 0.29) is 6.03 Å². The van der Waals surface area contributed by atoms with Crippen molar-refractivity contribution in [3.8, 4) is 0 Å². The summed E-state index contributed by atoms with van der Waals surface area (Å²) in [6.45, 7) is 11.1. The van der Waals surface area contributed by atoms with Gasteiger partial charge in [0.15, 0.2) is 0 Å². The summed E-state index contributed by atoms with van der Waals surface area (Å²) < 4.78 is 2.14. The Hall–Kier alpha value is -2.34. The number of nitrogens with zero attached hydrogens (tertiary/aromatic N) is 4. The molecule has 156 valence electrons. The molecule has 6 heteroatoms. The summed E-state index contributed by atoms with van der Waals surface area (Å²) >= 11 is 0. The van der Waals surface area contributed by atoms with Crippen molar-refractivity contribution < 1.29 is 4.79 Å². The van der Waals surface area contributed by atoms with E-state index in [1.54, 1.807) is 0 Å². The van der Waals surface area contributed by atoms with Gasteiger partial charge in [0.05, 0.1) is 17.9 Å². The zero-order chi connectivity index (χ0) is 20.4. The molecule has 2 amide bonds. The van der Waals surface area contributed by atoms with Crippen LogP contribution < -0.4 is 5.32 Å². The van der Waals surface area contributed by atoms with Gasteiger partial charge >= 0.3 is 6.03 Å². The molecule has 1 aromatic carbocycles. The number of carbonyl (C=O) groups is 1. The van der Waals surface area contributed by atoms with Crippen molar-refractivity contribution in [3.63, 3.8) is 0 Å². The molecule has 1 saturated heterocycles. The quantitative estimate of drug-likeness (QED) is 0.825. The molecule has 0 bridgehead atoms. The molecule has 29 heavy (non-hydrogen) atoms. The van der Waals surface area contributed by atoms with E-state index in [9.17, 15) is 4.79 Å². The summed E-state index contributed by atoms with van der Waals surface area (Å²) in [5.41, 5.74) is 5.87. The number of likely N-dealkylation sites (tertiary alicyclic amines) is 1. The van der Waals surface area contributed by atoms with Crippen LogP contribution in [0.4, 0.5) is 10.5 Å². The SMILES string of the molecule is CCc1ccccc1NC(=O)N1CCc2c(CN3CCCC3)nn(C(C)C)c2C1. The van der Waals surface area contributed by atoms with Gasteiger partial charge in [0.1, 0.15) is 0 Å². The zero-order valence-electron chi connectivity index (χ0n) is 17.9.